The lowest BCUT2D eigenvalue weighted by molar-refractivity contribution is -0.167. The third kappa shape index (κ3) is 34.6. The van der Waals surface area contributed by atoms with Gasteiger partial charge in [-0.05, 0) is 31.1 Å². The molecule has 0 N–H and O–H groups in total. The molecule has 49 heavy (non-hydrogen) atoms. The van der Waals surface area contributed by atoms with Crippen molar-refractivity contribution in [3.8, 4) is 0 Å². The summed E-state index contributed by atoms with van der Waals surface area (Å²) in [5, 5.41) is 0. The topological polar surface area (TPSA) is 78.9 Å². The van der Waals surface area contributed by atoms with Gasteiger partial charge in [-0.25, -0.2) is 0 Å². The van der Waals surface area contributed by atoms with E-state index in [-0.39, 0.29) is 31.1 Å². The summed E-state index contributed by atoms with van der Waals surface area (Å²) in [5.74, 6) is 0.822. The van der Waals surface area contributed by atoms with E-state index in [4.69, 9.17) is 14.2 Å². The highest BCUT2D eigenvalue weighted by Crippen LogP contribution is 2.17. The van der Waals surface area contributed by atoms with E-state index in [1.54, 1.807) is 0 Å². The predicted octanol–water partition coefficient (Wildman–Crippen LogP) is 13.0. The first-order valence-corrected chi connectivity index (χ1v) is 21.3. The smallest absolute Gasteiger partial charge is 0.306 e. The maximum atomic E-state index is 12.6. The monoisotopic (exact) mass is 695 g/mol. The lowest BCUT2D eigenvalue weighted by atomic mass is 9.99. The van der Waals surface area contributed by atoms with Crippen LogP contribution in [-0.4, -0.2) is 37.2 Å². The van der Waals surface area contributed by atoms with Crippen LogP contribution in [0.15, 0.2) is 0 Å². The van der Waals surface area contributed by atoms with Crippen molar-refractivity contribution in [1.29, 1.82) is 0 Å². The SMILES string of the molecule is CCCCCCCCCC(=O)OC[C@H](COC(=O)CCCCCCCCCCC(C)CC)OC(=O)CCCCCCCCCCC(C)CC. The number of esters is 3. The predicted molar refractivity (Wildman–Crippen MR) is 206 cm³/mol. The summed E-state index contributed by atoms with van der Waals surface area (Å²) in [7, 11) is 0. The van der Waals surface area contributed by atoms with Gasteiger partial charge >= 0.3 is 17.9 Å². The molecule has 0 heterocycles. The molecule has 0 radical (unpaired) electrons. The van der Waals surface area contributed by atoms with Crippen LogP contribution in [0.5, 0.6) is 0 Å². The van der Waals surface area contributed by atoms with Crippen LogP contribution < -0.4 is 0 Å². The molecule has 2 unspecified atom stereocenters. The van der Waals surface area contributed by atoms with Crippen molar-refractivity contribution < 1.29 is 28.6 Å². The minimum absolute atomic E-state index is 0.0665. The van der Waals surface area contributed by atoms with Gasteiger partial charge < -0.3 is 14.2 Å². The molecule has 0 aliphatic carbocycles. The molecule has 0 aromatic rings. The van der Waals surface area contributed by atoms with E-state index in [2.05, 4.69) is 34.6 Å². The summed E-state index contributed by atoms with van der Waals surface area (Å²) in [4.78, 5) is 37.5. The van der Waals surface area contributed by atoms with Crippen LogP contribution in [0.4, 0.5) is 0 Å². The van der Waals surface area contributed by atoms with Crippen molar-refractivity contribution in [3.63, 3.8) is 0 Å². The number of carbonyl (C=O) groups excluding carboxylic acids is 3. The van der Waals surface area contributed by atoms with Gasteiger partial charge in [0.2, 0.25) is 0 Å². The van der Waals surface area contributed by atoms with Crippen molar-refractivity contribution >= 4 is 17.9 Å². The molecule has 0 fully saturated rings. The Labute approximate surface area is 304 Å². The molecule has 0 amide bonds. The van der Waals surface area contributed by atoms with Crippen molar-refractivity contribution in [2.75, 3.05) is 13.2 Å². The third-order valence-electron chi connectivity index (χ3n) is 10.2. The Bertz CT molecular complexity index is 753. The zero-order valence-corrected chi connectivity index (χ0v) is 33.3. The number of rotatable bonds is 37. The first-order chi connectivity index (χ1) is 23.8. The van der Waals surface area contributed by atoms with E-state index in [1.165, 1.54) is 116 Å². The Morgan fingerprint density at radius 1 is 0.408 bits per heavy atom. The molecule has 0 saturated heterocycles. The van der Waals surface area contributed by atoms with Gasteiger partial charge in [0.05, 0.1) is 0 Å². The van der Waals surface area contributed by atoms with Crippen LogP contribution in [0.1, 0.15) is 227 Å². The Kier molecular flexibility index (Phi) is 35.0. The molecular formula is C43H82O6. The second-order valence-corrected chi connectivity index (χ2v) is 15.1. The molecule has 0 aliphatic rings. The van der Waals surface area contributed by atoms with Crippen molar-refractivity contribution in [1.82, 2.24) is 0 Å². The largest absolute Gasteiger partial charge is 0.462 e. The fraction of sp³-hybridized carbons (Fsp3) is 0.930. The van der Waals surface area contributed by atoms with E-state index in [0.717, 1.165) is 69.6 Å². The Morgan fingerprint density at radius 3 is 1.06 bits per heavy atom. The molecule has 6 nitrogen and oxygen atoms in total. The van der Waals surface area contributed by atoms with Crippen LogP contribution in [0.3, 0.4) is 0 Å². The highest BCUT2D eigenvalue weighted by Gasteiger charge is 2.19. The lowest BCUT2D eigenvalue weighted by Gasteiger charge is -2.18. The fourth-order valence-corrected chi connectivity index (χ4v) is 6.16. The summed E-state index contributed by atoms with van der Waals surface area (Å²) in [6.45, 7) is 11.3. The molecule has 0 rings (SSSR count). The lowest BCUT2D eigenvalue weighted by Crippen LogP contribution is -2.30. The Morgan fingerprint density at radius 2 is 0.714 bits per heavy atom. The molecule has 0 saturated carbocycles. The summed E-state index contributed by atoms with van der Waals surface area (Å²) in [6, 6.07) is 0. The molecule has 290 valence electrons. The molecule has 0 aliphatic heterocycles. The summed E-state index contributed by atoms with van der Waals surface area (Å²) < 4.78 is 16.6. The molecule has 0 spiro atoms. The van der Waals surface area contributed by atoms with Gasteiger partial charge in [-0.2, -0.15) is 0 Å². The highest BCUT2D eigenvalue weighted by molar-refractivity contribution is 5.71. The van der Waals surface area contributed by atoms with Crippen molar-refractivity contribution in [3.05, 3.63) is 0 Å². The van der Waals surface area contributed by atoms with E-state index in [9.17, 15) is 14.4 Å². The number of unbranched alkanes of at least 4 members (excludes halogenated alkanes) is 20. The second-order valence-electron chi connectivity index (χ2n) is 15.1. The summed E-state index contributed by atoms with van der Waals surface area (Å²) in [5.41, 5.74) is 0. The van der Waals surface area contributed by atoms with E-state index in [0.29, 0.717) is 19.3 Å². The van der Waals surface area contributed by atoms with E-state index in [1.807, 2.05) is 0 Å². The van der Waals surface area contributed by atoms with Gasteiger partial charge in [-0.15, -0.1) is 0 Å². The van der Waals surface area contributed by atoms with Crippen molar-refractivity contribution in [2.45, 2.75) is 233 Å². The minimum Gasteiger partial charge on any atom is -0.462 e. The van der Waals surface area contributed by atoms with Gasteiger partial charge in [0.1, 0.15) is 13.2 Å². The van der Waals surface area contributed by atoms with Gasteiger partial charge in [-0.3, -0.25) is 14.4 Å². The fourth-order valence-electron chi connectivity index (χ4n) is 6.16. The first kappa shape index (κ1) is 47.4. The maximum absolute atomic E-state index is 12.6. The molecule has 0 aromatic carbocycles. The highest BCUT2D eigenvalue weighted by atomic mass is 16.6. The third-order valence-corrected chi connectivity index (χ3v) is 10.2. The number of hydrogen-bond acceptors (Lipinski definition) is 6. The number of hydrogen-bond donors (Lipinski definition) is 0. The van der Waals surface area contributed by atoms with Crippen LogP contribution in [-0.2, 0) is 28.6 Å². The normalized spacial score (nSPS) is 13.2. The van der Waals surface area contributed by atoms with Crippen molar-refractivity contribution in [2.24, 2.45) is 11.8 Å². The van der Waals surface area contributed by atoms with Gasteiger partial charge in [0.15, 0.2) is 6.10 Å². The zero-order valence-electron chi connectivity index (χ0n) is 33.3. The summed E-state index contributed by atoms with van der Waals surface area (Å²) in [6.07, 6.45) is 32.3. The molecule has 3 atom stereocenters. The number of ether oxygens (including phenoxy) is 3. The zero-order chi connectivity index (χ0) is 36.2. The van der Waals surface area contributed by atoms with Crippen LogP contribution in [0.25, 0.3) is 0 Å². The van der Waals surface area contributed by atoms with Gasteiger partial charge in [0, 0.05) is 19.3 Å². The average Bonchev–Trinajstić information content (AvgIpc) is 3.10. The first-order valence-electron chi connectivity index (χ1n) is 21.3. The van der Waals surface area contributed by atoms with E-state index >= 15 is 0 Å². The molecule has 0 bridgehead atoms. The standard InChI is InChI=1S/C43H82O6/c1-6-9-10-11-16-23-28-33-41(44)47-36-40(49-43(46)35-30-25-20-15-13-18-22-27-32-39(5)8-3)37-48-42(45)34-29-24-19-14-12-17-21-26-31-38(4)7-2/h38-40H,6-37H2,1-5H3/t38?,39?,40-/m1/s1. The van der Waals surface area contributed by atoms with Crippen LogP contribution >= 0.6 is 0 Å². The summed E-state index contributed by atoms with van der Waals surface area (Å²) >= 11 is 0. The Balaban J connectivity index is 4.33. The quantitative estimate of drug-likeness (QED) is 0.0366. The average molecular weight is 695 g/mol. The van der Waals surface area contributed by atoms with Gasteiger partial charge in [0.25, 0.3) is 0 Å². The van der Waals surface area contributed by atoms with Gasteiger partial charge in [-0.1, -0.05) is 189 Å². The minimum atomic E-state index is -0.759. The Hall–Kier alpha value is -1.59. The molecule has 6 heteroatoms. The van der Waals surface area contributed by atoms with Crippen LogP contribution in [0, 0.1) is 11.8 Å². The second kappa shape index (κ2) is 36.2. The molecular weight excluding hydrogens is 612 g/mol. The number of carbonyl (C=O) groups is 3. The van der Waals surface area contributed by atoms with Crippen LogP contribution in [0.2, 0.25) is 0 Å². The van der Waals surface area contributed by atoms with E-state index < -0.39 is 6.10 Å². The molecule has 0 aromatic heterocycles. The maximum Gasteiger partial charge on any atom is 0.306 e.